The molecule has 32 heavy (non-hydrogen) atoms. The van der Waals surface area contributed by atoms with Gasteiger partial charge in [0.1, 0.15) is 29.6 Å². The van der Waals surface area contributed by atoms with Crippen molar-refractivity contribution in [3.8, 4) is 5.75 Å². The Morgan fingerprint density at radius 3 is 2.00 bits per heavy atom. The van der Waals surface area contributed by atoms with E-state index >= 15 is 0 Å². The Bertz CT molecular complexity index is 869. The molecule has 0 N–H and O–H groups in total. The standard InChI is InChI=1S/C23H27ClI4O4/c1-22(2,23-8-12-5-13(9-23)7-14(6-12)10-23)32-21(29)15-16(25)17(26)18(27)19(28)20(15)31-4-3-30-11-24/h12-14H,3-11H2,1-2H3. The van der Waals surface area contributed by atoms with Gasteiger partial charge >= 0.3 is 5.97 Å². The third kappa shape index (κ3) is 5.06. The van der Waals surface area contributed by atoms with Gasteiger partial charge in [-0.3, -0.25) is 0 Å². The number of hydrogen-bond acceptors (Lipinski definition) is 4. The maximum Gasteiger partial charge on any atom is 0.343 e. The van der Waals surface area contributed by atoms with Crippen molar-refractivity contribution in [1.29, 1.82) is 0 Å². The van der Waals surface area contributed by atoms with Gasteiger partial charge in [-0.25, -0.2) is 4.79 Å². The van der Waals surface area contributed by atoms with Gasteiger partial charge in [-0.1, -0.05) is 11.6 Å². The van der Waals surface area contributed by atoms with Gasteiger partial charge in [-0.15, -0.1) is 0 Å². The maximum atomic E-state index is 13.7. The second-order valence-corrected chi connectivity index (χ2v) is 14.5. The zero-order valence-electron chi connectivity index (χ0n) is 18.1. The first kappa shape index (κ1) is 26.7. The largest absolute Gasteiger partial charge is 0.489 e. The third-order valence-corrected chi connectivity index (χ3v) is 15.2. The van der Waals surface area contributed by atoms with Crippen molar-refractivity contribution in [2.24, 2.45) is 23.2 Å². The van der Waals surface area contributed by atoms with E-state index in [9.17, 15) is 4.79 Å². The van der Waals surface area contributed by atoms with Crippen LogP contribution in [0.25, 0.3) is 0 Å². The molecule has 0 atom stereocenters. The fourth-order valence-corrected chi connectivity index (χ4v) is 10.1. The van der Waals surface area contributed by atoms with Crippen LogP contribution in [-0.4, -0.2) is 30.9 Å². The first-order chi connectivity index (χ1) is 15.1. The summed E-state index contributed by atoms with van der Waals surface area (Å²) in [5.41, 5.74) is 0.118. The molecule has 0 aliphatic heterocycles. The van der Waals surface area contributed by atoms with Crippen LogP contribution in [-0.2, 0) is 9.47 Å². The minimum Gasteiger partial charge on any atom is -0.489 e. The lowest BCUT2D eigenvalue weighted by molar-refractivity contribution is -0.165. The Morgan fingerprint density at radius 1 is 0.938 bits per heavy atom. The van der Waals surface area contributed by atoms with Gasteiger partial charge in [0.2, 0.25) is 0 Å². The van der Waals surface area contributed by atoms with Crippen molar-refractivity contribution in [2.45, 2.75) is 58.0 Å². The highest BCUT2D eigenvalue weighted by atomic mass is 127. The van der Waals surface area contributed by atoms with E-state index in [2.05, 4.69) is 104 Å². The number of esters is 1. The highest BCUT2D eigenvalue weighted by Crippen LogP contribution is 2.64. The average molecular weight is 911 g/mol. The molecule has 0 saturated heterocycles. The van der Waals surface area contributed by atoms with Crippen LogP contribution in [0.3, 0.4) is 0 Å². The monoisotopic (exact) mass is 910 g/mol. The number of carbonyl (C=O) groups is 1. The molecule has 4 nitrogen and oxygen atoms in total. The van der Waals surface area contributed by atoms with Crippen molar-refractivity contribution in [2.75, 3.05) is 19.3 Å². The number of rotatable bonds is 8. The van der Waals surface area contributed by atoms with Crippen molar-refractivity contribution < 1.29 is 19.0 Å². The Balaban J connectivity index is 1.62. The van der Waals surface area contributed by atoms with Gasteiger partial charge in [-0.2, -0.15) is 0 Å². The molecule has 0 aromatic heterocycles. The Morgan fingerprint density at radius 2 is 1.47 bits per heavy atom. The molecule has 4 bridgehead atoms. The van der Waals surface area contributed by atoms with Crippen LogP contribution in [0.2, 0.25) is 0 Å². The lowest BCUT2D eigenvalue weighted by Crippen LogP contribution is -2.57. The number of halogens is 5. The smallest absolute Gasteiger partial charge is 0.343 e. The molecular formula is C23H27ClI4O4. The van der Waals surface area contributed by atoms with E-state index in [1.807, 2.05) is 0 Å². The Labute approximate surface area is 249 Å². The summed E-state index contributed by atoms with van der Waals surface area (Å²) < 4.78 is 21.6. The van der Waals surface area contributed by atoms with Crippen molar-refractivity contribution >= 4 is 108 Å². The Kier molecular flexibility index (Phi) is 8.82. The minimum atomic E-state index is -0.512. The molecule has 0 amide bonds. The highest BCUT2D eigenvalue weighted by molar-refractivity contribution is 14.1. The minimum absolute atomic E-state index is 0.0988. The number of alkyl halides is 1. The second kappa shape index (κ2) is 10.6. The summed E-state index contributed by atoms with van der Waals surface area (Å²) in [7, 11) is 0. The fourth-order valence-electron chi connectivity index (χ4n) is 6.43. The molecule has 5 rings (SSSR count). The maximum absolute atomic E-state index is 13.7. The van der Waals surface area contributed by atoms with Gasteiger partial charge in [-0.05, 0) is 160 Å². The van der Waals surface area contributed by atoms with Crippen LogP contribution in [0.5, 0.6) is 5.75 Å². The topological polar surface area (TPSA) is 44.8 Å². The summed E-state index contributed by atoms with van der Waals surface area (Å²) in [6, 6.07) is 0.121. The molecule has 4 aliphatic rings. The molecule has 9 heteroatoms. The van der Waals surface area contributed by atoms with E-state index in [4.69, 9.17) is 25.8 Å². The number of carbonyl (C=O) groups excluding carboxylic acids is 1. The van der Waals surface area contributed by atoms with E-state index in [-0.39, 0.29) is 17.5 Å². The summed E-state index contributed by atoms with van der Waals surface area (Å²) >= 11 is 14.7. The van der Waals surface area contributed by atoms with Crippen molar-refractivity contribution in [3.05, 3.63) is 19.8 Å². The van der Waals surface area contributed by atoms with Crippen LogP contribution in [0, 0.1) is 37.4 Å². The van der Waals surface area contributed by atoms with Crippen LogP contribution in [0.4, 0.5) is 0 Å². The quantitative estimate of drug-likeness (QED) is 0.0667. The lowest BCUT2D eigenvalue weighted by atomic mass is 9.46. The summed E-state index contributed by atoms with van der Waals surface area (Å²) in [4.78, 5) is 13.7. The first-order valence-corrected chi connectivity index (χ1v) is 15.8. The van der Waals surface area contributed by atoms with Crippen LogP contribution >= 0.6 is 102 Å². The summed E-state index contributed by atoms with van der Waals surface area (Å²) in [6.45, 7) is 4.98. The zero-order chi connectivity index (χ0) is 23.3. The molecule has 178 valence electrons. The van der Waals surface area contributed by atoms with Crippen molar-refractivity contribution in [3.63, 3.8) is 0 Å². The van der Waals surface area contributed by atoms with E-state index in [1.165, 1.54) is 38.5 Å². The number of hydrogen-bond donors (Lipinski definition) is 0. The molecule has 1 aromatic rings. The van der Waals surface area contributed by atoms with Gasteiger partial charge in [0.15, 0.2) is 0 Å². The van der Waals surface area contributed by atoms with E-state index in [0.29, 0.717) is 24.5 Å². The molecule has 0 spiro atoms. The summed E-state index contributed by atoms with van der Waals surface area (Å²) in [5.74, 6) is 2.72. The zero-order valence-corrected chi connectivity index (χ0v) is 27.5. The first-order valence-electron chi connectivity index (χ1n) is 10.9. The normalized spacial score (nSPS) is 28.8. The van der Waals surface area contributed by atoms with Crippen molar-refractivity contribution in [1.82, 2.24) is 0 Å². The molecule has 0 heterocycles. The van der Waals surface area contributed by atoms with Crippen LogP contribution in [0.1, 0.15) is 62.7 Å². The van der Waals surface area contributed by atoms with Gasteiger partial charge in [0, 0.05) is 16.1 Å². The summed E-state index contributed by atoms with van der Waals surface area (Å²) in [5, 5.41) is 0. The molecule has 4 aliphatic carbocycles. The van der Waals surface area contributed by atoms with Crippen LogP contribution in [0.15, 0.2) is 0 Å². The van der Waals surface area contributed by atoms with E-state index < -0.39 is 5.60 Å². The molecule has 0 unspecified atom stereocenters. The van der Waals surface area contributed by atoms with Gasteiger partial charge in [0.05, 0.1) is 10.2 Å². The number of ether oxygens (including phenoxy) is 3. The third-order valence-electron chi connectivity index (χ3n) is 7.64. The van der Waals surface area contributed by atoms with E-state index in [0.717, 1.165) is 32.0 Å². The summed E-state index contributed by atoms with van der Waals surface area (Å²) in [6.07, 6.45) is 7.69. The van der Waals surface area contributed by atoms with Crippen LogP contribution < -0.4 is 4.74 Å². The van der Waals surface area contributed by atoms with E-state index in [1.54, 1.807) is 0 Å². The van der Waals surface area contributed by atoms with Gasteiger partial charge in [0.25, 0.3) is 0 Å². The fraction of sp³-hybridized carbons (Fsp3) is 0.696. The predicted molar refractivity (Wildman–Crippen MR) is 160 cm³/mol. The Hall–Kier alpha value is 1.66. The lowest BCUT2D eigenvalue weighted by Gasteiger charge is -2.61. The highest BCUT2D eigenvalue weighted by Gasteiger charge is 2.59. The molecule has 4 saturated carbocycles. The number of benzene rings is 1. The molecule has 1 aromatic carbocycles. The predicted octanol–water partition coefficient (Wildman–Crippen LogP) is 7.85. The average Bonchev–Trinajstić information content (AvgIpc) is 2.71. The molecule has 0 radical (unpaired) electrons. The molecular weight excluding hydrogens is 883 g/mol. The second-order valence-electron chi connectivity index (χ2n) is 9.92. The van der Waals surface area contributed by atoms with Gasteiger partial charge < -0.3 is 14.2 Å². The molecule has 4 fully saturated rings. The SMILES string of the molecule is CC(C)(OC(=O)c1c(I)c(I)c(I)c(I)c1OCCOCCl)C12CC3CC(CC(C3)C1)C2.